The number of amides is 2. The molecule has 7 nitrogen and oxygen atoms in total. The molecule has 5 rings (SSSR count). The molecule has 0 saturated carbocycles. The molecule has 0 bridgehead atoms. The van der Waals surface area contributed by atoms with Crippen LogP contribution >= 0.6 is 0 Å². The Balaban J connectivity index is 1.22. The predicted molar refractivity (Wildman–Crippen MR) is 110 cm³/mol. The lowest BCUT2D eigenvalue weighted by atomic mass is 10.1. The lowest BCUT2D eigenvalue weighted by Crippen LogP contribution is -2.51. The normalized spacial score (nSPS) is 21.6. The van der Waals surface area contributed by atoms with Crippen LogP contribution in [-0.4, -0.2) is 59.4 Å². The molecule has 150 valence electrons. The lowest BCUT2D eigenvalue weighted by Gasteiger charge is -2.36. The third kappa shape index (κ3) is 3.45. The first-order chi connectivity index (χ1) is 14.2. The van der Waals surface area contributed by atoms with Crippen LogP contribution < -0.4 is 9.80 Å². The summed E-state index contributed by atoms with van der Waals surface area (Å²) in [6, 6.07) is 6.33. The van der Waals surface area contributed by atoms with Gasteiger partial charge in [0.2, 0.25) is 11.8 Å². The number of piperazine rings is 1. The standard InChI is InChI=1S/C22H25N5O2/c28-21-13-18(15-27(21)19-5-4-16-2-1-3-17(16)12-19)22(29)26-10-8-25(9-11-26)20-14-23-6-7-24-20/h4-7,12,14,18H,1-3,8-11,13,15H2/t18-/m1/s1. The molecule has 29 heavy (non-hydrogen) atoms. The molecule has 3 aliphatic rings. The van der Waals surface area contributed by atoms with E-state index in [1.807, 2.05) is 11.0 Å². The zero-order chi connectivity index (χ0) is 19.8. The summed E-state index contributed by atoms with van der Waals surface area (Å²) in [5.41, 5.74) is 3.69. The minimum Gasteiger partial charge on any atom is -0.352 e. The van der Waals surface area contributed by atoms with Crippen molar-refractivity contribution in [1.29, 1.82) is 0 Å². The number of hydrogen-bond donors (Lipinski definition) is 0. The van der Waals surface area contributed by atoms with Crippen molar-refractivity contribution in [2.45, 2.75) is 25.7 Å². The number of nitrogens with zero attached hydrogens (tertiary/aromatic N) is 5. The van der Waals surface area contributed by atoms with Gasteiger partial charge in [-0.05, 0) is 42.5 Å². The van der Waals surface area contributed by atoms with E-state index in [0.717, 1.165) is 37.4 Å². The molecule has 7 heteroatoms. The molecule has 0 spiro atoms. The summed E-state index contributed by atoms with van der Waals surface area (Å²) in [6.45, 7) is 3.26. The monoisotopic (exact) mass is 391 g/mol. The highest BCUT2D eigenvalue weighted by molar-refractivity contribution is 6.00. The van der Waals surface area contributed by atoms with Crippen LogP contribution in [0.1, 0.15) is 24.0 Å². The van der Waals surface area contributed by atoms with Crippen LogP contribution in [0.3, 0.4) is 0 Å². The Labute approximate surface area is 170 Å². The molecule has 1 aliphatic carbocycles. The average Bonchev–Trinajstić information content (AvgIpc) is 3.40. The average molecular weight is 391 g/mol. The van der Waals surface area contributed by atoms with E-state index in [1.165, 1.54) is 17.5 Å². The smallest absolute Gasteiger partial charge is 0.228 e. The summed E-state index contributed by atoms with van der Waals surface area (Å²) in [5.74, 6) is 0.748. The van der Waals surface area contributed by atoms with E-state index < -0.39 is 0 Å². The topological polar surface area (TPSA) is 69.6 Å². The fraction of sp³-hybridized carbons (Fsp3) is 0.455. The molecule has 2 aliphatic heterocycles. The van der Waals surface area contributed by atoms with Crippen LogP contribution in [0.4, 0.5) is 11.5 Å². The Morgan fingerprint density at radius 2 is 1.86 bits per heavy atom. The van der Waals surface area contributed by atoms with Gasteiger partial charge >= 0.3 is 0 Å². The van der Waals surface area contributed by atoms with E-state index >= 15 is 0 Å². The van der Waals surface area contributed by atoms with Gasteiger partial charge in [-0.15, -0.1) is 0 Å². The van der Waals surface area contributed by atoms with Crippen molar-refractivity contribution in [3.05, 3.63) is 47.9 Å². The summed E-state index contributed by atoms with van der Waals surface area (Å²) in [5, 5.41) is 0. The van der Waals surface area contributed by atoms with Gasteiger partial charge in [0.15, 0.2) is 0 Å². The minimum atomic E-state index is -0.251. The first-order valence-electron chi connectivity index (χ1n) is 10.4. The number of fused-ring (bicyclic) bond motifs is 1. The SMILES string of the molecule is O=C([C@@H]1CC(=O)N(c2ccc3c(c2)CCC3)C1)N1CCN(c2cnccn2)CC1. The van der Waals surface area contributed by atoms with Crippen molar-refractivity contribution in [3.8, 4) is 0 Å². The van der Waals surface area contributed by atoms with Crippen molar-refractivity contribution in [2.75, 3.05) is 42.5 Å². The van der Waals surface area contributed by atoms with Gasteiger partial charge in [-0.1, -0.05) is 6.07 Å². The molecule has 0 N–H and O–H groups in total. The first kappa shape index (κ1) is 18.1. The van der Waals surface area contributed by atoms with Gasteiger partial charge < -0.3 is 14.7 Å². The molecule has 1 atom stereocenters. The highest BCUT2D eigenvalue weighted by Gasteiger charge is 2.38. The summed E-state index contributed by atoms with van der Waals surface area (Å²) >= 11 is 0. The number of carbonyl (C=O) groups is 2. The van der Waals surface area contributed by atoms with Crippen LogP contribution in [-0.2, 0) is 22.4 Å². The van der Waals surface area contributed by atoms with Gasteiger partial charge in [0, 0.05) is 57.2 Å². The maximum atomic E-state index is 13.1. The maximum absolute atomic E-state index is 13.1. The van der Waals surface area contributed by atoms with Crippen LogP contribution in [0.15, 0.2) is 36.8 Å². The molecule has 2 fully saturated rings. The Morgan fingerprint density at radius 1 is 1.03 bits per heavy atom. The molecule has 2 amide bonds. The fourth-order valence-corrected chi connectivity index (χ4v) is 4.72. The van der Waals surface area contributed by atoms with Crippen molar-refractivity contribution in [2.24, 2.45) is 5.92 Å². The number of aromatic nitrogens is 2. The van der Waals surface area contributed by atoms with Gasteiger partial charge in [0.1, 0.15) is 5.82 Å². The summed E-state index contributed by atoms with van der Waals surface area (Å²) in [7, 11) is 0. The van der Waals surface area contributed by atoms with E-state index in [9.17, 15) is 9.59 Å². The molecule has 2 saturated heterocycles. The third-order valence-corrected chi connectivity index (χ3v) is 6.33. The second-order valence-corrected chi connectivity index (χ2v) is 8.09. The van der Waals surface area contributed by atoms with Gasteiger partial charge in [-0.2, -0.15) is 0 Å². The van der Waals surface area contributed by atoms with Crippen molar-refractivity contribution < 1.29 is 9.59 Å². The van der Waals surface area contributed by atoms with E-state index in [1.54, 1.807) is 23.5 Å². The van der Waals surface area contributed by atoms with Crippen LogP contribution in [0.2, 0.25) is 0 Å². The Kier molecular flexibility index (Phi) is 4.66. The number of hydrogen-bond acceptors (Lipinski definition) is 5. The van der Waals surface area contributed by atoms with Crippen LogP contribution in [0.25, 0.3) is 0 Å². The van der Waals surface area contributed by atoms with Crippen LogP contribution in [0.5, 0.6) is 0 Å². The largest absolute Gasteiger partial charge is 0.352 e. The highest BCUT2D eigenvalue weighted by Crippen LogP contribution is 2.31. The second-order valence-electron chi connectivity index (χ2n) is 8.09. The van der Waals surface area contributed by atoms with Gasteiger partial charge in [0.05, 0.1) is 12.1 Å². The maximum Gasteiger partial charge on any atom is 0.228 e. The van der Waals surface area contributed by atoms with E-state index in [4.69, 9.17) is 0 Å². The van der Waals surface area contributed by atoms with Gasteiger partial charge in [0.25, 0.3) is 0 Å². The lowest BCUT2D eigenvalue weighted by molar-refractivity contribution is -0.136. The molecular formula is C22H25N5O2. The van der Waals surface area contributed by atoms with E-state index in [-0.39, 0.29) is 17.7 Å². The number of carbonyl (C=O) groups excluding carboxylic acids is 2. The van der Waals surface area contributed by atoms with Gasteiger partial charge in [-0.25, -0.2) is 4.98 Å². The Hall–Kier alpha value is -2.96. The number of benzene rings is 1. The summed E-state index contributed by atoms with van der Waals surface area (Å²) in [6.07, 6.45) is 8.81. The summed E-state index contributed by atoms with van der Waals surface area (Å²) in [4.78, 5) is 40.0. The third-order valence-electron chi connectivity index (χ3n) is 6.33. The second kappa shape index (κ2) is 7.46. The van der Waals surface area contributed by atoms with E-state index in [0.29, 0.717) is 26.1 Å². The van der Waals surface area contributed by atoms with Crippen molar-refractivity contribution in [3.63, 3.8) is 0 Å². The molecule has 0 radical (unpaired) electrons. The van der Waals surface area contributed by atoms with Crippen molar-refractivity contribution in [1.82, 2.24) is 14.9 Å². The molecular weight excluding hydrogens is 366 g/mol. The number of anilines is 2. The zero-order valence-corrected chi connectivity index (χ0v) is 16.5. The van der Waals surface area contributed by atoms with E-state index in [2.05, 4.69) is 27.0 Å². The Bertz CT molecular complexity index is 924. The fourth-order valence-electron chi connectivity index (χ4n) is 4.72. The molecule has 0 unspecified atom stereocenters. The molecule has 3 heterocycles. The Morgan fingerprint density at radius 3 is 2.66 bits per heavy atom. The molecule has 1 aromatic heterocycles. The molecule has 1 aromatic carbocycles. The van der Waals surface area contributed by atoms with Gasteiger partial charge in [-0.3, -0.25) is 14.6 Å². The van der Waals surface area contributed by atoms with Crippen molar-refractivity contribution >= 4 is 23.3 Å². The quantitative estimate of drug-likeness (QED) is 0.796. The minimum absolute atomic E-state index is 0.0551. The molecule has 2 aromatic rings. The number of aryl methyl sites for hydroxylation is 2. The number of rotatable bonds is 3. The van der Waals surface area contributed by atoms with Crippen LogP contribution in [0, 0.1) is 5.92 Å². The predicted octanol–water partition coefficient (Wildman–Crippen LogP) is 1.67. The highest BCUT2D eigenvalue weighted by atomic mass is 16.2. The first-order valence-corrected chi connectivity index (χ1v) is 10.4. The zero-order valence-electron chi connectivity index (χ0n) is 16.5. The summed E-state index contributed by atoms with van der Waals surface area (Å²) < 4.78 is 0.